The minimum atomic E-state index is 0.495. The van der Waals surface area contributed by atoms with Gasteiger partial charge in [-0.3, -0.25) is 0 Å². The van der Waals surface area contributed by atoms with Crippen LogP contribution in [-0.4, -0.2) is 25.4 Å². The SMILES string of the molecule is COc1ccccc1OCCNC(=S)Nc1cc(C)cc(C)c1. The van der Waals surface area contributed by atoms with Crippen molar-refractivity contribution in [2.75, 3.05) is 25.6 Å². The van der Waals surface area contributed by atoms with Gasteiger partial charge in [-0.2, -0.15) is 0 Å². The maximum atomic E-state index is 5.69. The van der Waals surface area contributed by atoms with Crippen LogP contribution in [0.4, 0.5) is 5.69 Å². The molecule has 2 rings (SSSR count). The molecule has 5 heteroatoms. The summed E-state index contributed by atoms with van der Waals surface area (Å²) >= 11 is 5.30. The van der Waals surface area contributed by atoms with Gasteiger partial charge in [-0.25, -0.2) is 0 Å². The van der Waals surface area contributed by atoms with Crippen molar-refractivity contribution in [2.24, 2.45) is 0 Å². The maximum absolute atomic E-state index is 5.69. The second-order valence-electron chi connectivity index (χ2n) is 5.26. The number of rotatable bonds is 6. The third kappa shape index (κ3) is 5.45. The van der Waals surface area contributed by atoms with Crippen molar-refractivity contribution < 1.29 is 9.47 Å². The van der Waals surface area contributed by atoms with Crippen LogP contribution in [0.25, 0.3) is 0 Å². The summed E-state index contributed by atoms with van der Waals surface area (Å²) in [5.74, 6) is 1.45. The Morgan fingerprint density at radius 1 is 1.04 bits per heavy atom. The van der Waals surface area contributed by atoms with Gasteiger partial charge in [-0.1, -0.05) is 18.2 Å². The number of ether oxygens (including phenoxy) is 2. The monoisotopic (exact) mass is 330 g/mol. The van der Waals surface area contributed by atoms with E-state index in [4.69, 9.17) is 21.7 Å². The molecule has 0 amide bonds. The molecule has 4 nitrogen and oxygen atoms in total. The zero-order valence-corrected chi connectivity index (χ0v) is 14.5. The minimum absolute atomic E-state index is 0.495. The van der Waals surface area contributed by atoms with Crippen molar-refractivity contribution in [2.45, 2.75) is 13.8 Å². The van der Waals surface area contributed by atoms with E-state index < -0.39 is 0 Å². The predicted octanol–water partition coefficient (Wildman–Crippen LogP) is 3.68. The third-order valence-electron chi connectivity index (χ3n) is 3.19. The van der Waals surface area contributed by atoms with Gasteiger partial charge in [0.25, 0.3) is 0 Å². The molecule has 2 aromatic carbocycles. The lowest BCUT2D eigenvalue weighted by Crippen LogP contribution is -2.32. The molecule has 2 N–H and O–H groups in total. The number of benzene rings is 2. The number of hydrogen-bond acceptors (Lipinski definition) is 3. The molecule has 0 fully saturated rings. The zero-order valence-electron chi connectivity index (χ0n) is 13.7. The standard InChI is InChI=1S/C18H22N2O2S/c1-13-10-14(2)12-15(11-13)20-18(23)19-8-9-22-17-7-5-4-6-16(17)21-3/h4-7,10-12H,8-9H2,1-3H3,(H2,19,20,23). The number of aryl methyl sites for hydroxylation is 2. The van der Waals surface area contributed by atoms with E-state index in [-0.39, 0.29) is 0 Å². The summed E-state index contributed by atoms with van der Waals surface area (Å²) in [4.78, 5) is 0. The Bertz CT molecular complexity index is 654. The first kappa shape index (κ1) is 17.1. The van der Waals surface area contributed by atoms with Gasteiger partial charge in [0, 0.05) is 5.69 Å². The fraction of sp³-hybridized carbons (Fsp3) is 0.278. The van der Waals surface area contributed by atoms with Gasteiger partial charge in [-0.05, 0) is 61.5 Å². The van der Waals surface area contributed by atoms with Gasteiger partial charge in [0.1, 0.15) is 6.61 Å². The molecular formula is C18H22N2O2S. The highest BCUT2D eigenvalue weighted by atomic mass is 32.1. The fourth-order valence-corrected chi connectivity index (χ4v) is 2.51. The predicted molar refractivity (Wildman–Crippen MR) is 98.6 cm³/mol. The van der Waals surface area contributed by atoms with Crippen LogP contribution in [0, 0.1) is 13.8 Å². The highest BCUT2D eigenvalue weighted by Gasteiger charge is 2.03. The summed E-state index contributed by atoms with van der Waals surface area (Å²) in [5.41, 5.74) is 3.40. The number of hydrogen-bond donors (Lipinski definition) is 2. The molecule has 0 aliphatic rings. The number of anilines is 1. The van der Waals surface area contributed by atoms with Crippen molar-refractivity contribution >= 4 is 23.0 Å². The van der Waals surface area contributed by atoms with E-state index in [9.17, 15) is 0 Å². The molecule has 0 radical (unpaired) electrons. The first-order chi connectivity index (χ1) is 11.1. The van der Waals surface area contributed by atoms with Gasteiger partial charge in [0.2, 0.25) is 0 Å². The van der Waals surface area contributed by atoms with E-state index in [0.717, 1.165) is 17.2 Å². The second kappa shape index (κ2) is 8.39. The maximum Gasteiger partial charge on any atom is 0.170 e. The molecule has 23 heavy (non-hydrogen) atoms. The quantitative estimate of drug-likeness (QED) is 0.625. The molecule has 0 aliphatic heterocycles. The van der Waals surface area contributed by atoms with E-state index in [1.54, 1.807) is 7.11 Å². The lowest BCUT2D eigenvalue weighted by Gasteiger charge is -2.13. The van der Waals surface area contributed by atoms with Gasteiger partial charge >= 0.3 is 0 Å². The molecule has 2 aromatic rings. The Labute approximate surface area is 142 Å². The Morgan fingerprint density at radius 3 is 2.35 bits per heavy atom. The van der Waals surface area contributed by atoms with Crippen molar-refractivity contribution in [1.82, 2.24) is 5.32 Å². The van der Waals surface area contributed by atoms with E-state index in [1.807, 2.05) is 24.3 Å². The molecule has 0 bridgehead atoms. The summed E-state index contributed by atoms with van der Waals surface area (Å²) in [5, 5.41) is 6.90. The van der Waals surface area contributed by atoms with Gasteiger partial charge in [-0.15, -0.1) is 0 Å². The summed E-state index contributed by atoms with van der Waals surface area (Å²) < 4.78 is 10.9. The fourth-order valence-electron chi connectivity index (χ4n) is 2.29. The summed E-state index contributed by atoms with van der Waals surface area (Å²) in [7, 11) is 1.63. The number of methoxy groups -OCH3 is 1. The molecule has 0 heterocycles. The zero-order chi connectivity index (χ0) is 16.7. The van der Waals surface area contributed by atoms with Crippen LogP contribution in [0.2, 0.25) is 0 Å². The second-order valence-corrected chi connectivity index (χ2v) is 5.66. The smallest absolute Gasteiger partial charge is 0.170 e. The first-order valence-corrected chi connectivity index (χ1v) is 7.88. The van der Waals surface area contributed by atoms with Crippen LogP contribution in [0.3, 0.4) is 0 Å². The van der Waals surface area contributed by atoms with Crippen LogP contribution < -0.4 is 20.1 Å². The number of nitrogens with one attached hydrogen (secondary N) is 2. The average Bonchev–Trinajstić information content (AvgIpc) is 2.51. The molecular weight excluding hydrogens is 308 g/mol. The van der Waals surface area contributed by atoms with E-state index in [1.165, 1.54) is 11.1 Å². The van der Waals surface area contributed by atoms with Crippen LogP contribution in [-0.2, 0) is 0 Å². The summed E-state index contributed by atoms with van der Waals surface area (Å²) in [6.07, 6.45) is 0. The van der Waals surface area contributed by atoms with Gasteiger partial charge in [0.15, 0.2) is 16.6 Å². The lowest BCUT2D eigenvalue weighted by molar-refractivity contribution is 0.298. The van der Waals surface area contributed by atoms with Crippen LogP contribution in [0.1, 0.15) is 11.1 Å². The third-order valence-corrected chi connectivity index (χ3v) is 3.44. The normalized spacial score (nSPS) is 10.0. The Balaban J connectivity index is 1.76. The van der Waals surface area contributed by atoms with Crippen molar-refractivity contribution in [3.05, 3.63) is 53.6 Å². The Hall–Kier alpha value is -2.27. The average molecular weight is 330 g/mol. The molecule has 0 saturated carbocycles. The molecule has 0 aromatic heterocycles. The minimum Gasteiger partial charge on any atom is -0.493 e. The molecule has 0 saturated heterocycles. The topological polar surface area (TPSA) is 42.5 Å². The molecule has 0 unspecified atom stereocenters. The van der Waals surface area contributed by atoms with Crippen molar-refractivity contribution in [1.29, 1.82) is 0 Å². The van der Waals surface area contributed by atoms with Gasteiger partial charge < -0.3 is 20.1 Å². The molecule has 0 atom stereocenters. The highest BCUT2D eigenvalue weighted by molar-refractivity contribution is 7.80. The molecule has 0 aliphatic carbocycles. The van der Waals surface area contributed by atoms with E-state index in [0.29, 0.717) is 18.3 Å². The van der Waals surface area contributed by atoms with Gasteiger partial charge in [0.05, 0.1) is 13.7 Å². The summed E-state index contributed by atoms with van der Waals surface area (Å²) in [6, 6.07) is 13.8. The van der Waals surface area contributed by atoms with E-state index >= 15 is 0 Å². The number of thiocarbonyl (C=S) groups is 1. The molecule has 122 valence electrons. The highest BCUT2D eigenvalue weighted by Crippen LogP contribution is 2.25. The van der Waals surface area contributed by atoms with E-state index in [2.05, 4.69) is 42.7 Å². The van der Waals surface area contributed by atoms with Crippen LogP contribution in [0.5, 0.6) is 11.5 Å². The van der Waals surface area contributed by atoms with Crippen LogP contribution in [0.15, 0.2) is 42.5 Å². The molecule has 0 spiro atoms. The van der Waals surface area contributed by atoms with Crippen molar-refractivity contribution in [3.8, 4) is 11.5 Å². The Morgan fingerprint density at radius 2 is 1.70 bits per heavy atom. The summed E-state index contributed by atoms with van der Waals surface area (Å²) in [6.45, 7) is 5.23. The van der Waals surface area contributed by atoms with Crippen LogP contribution >= 0.6 is 12.2 Å². The first-order valence-electron chi connectivity index (χ1n) is 7.47. The number of para-hydroxylation sites is 2. The Kier molecular flexibility index (Phi) is 6.23. The van der Waals surface area contributed by atoms with Crippen molar-refractivity contribution in [3.63, 3.8) is 0 Å². The largest absolute Gasteiger partial charge is 0.493 e. The lowest BCUT2D eigenvalue weighted by atomic mass is 10.1.